The van der Waals surface area contributed by atoms with Gasteiger partial charge < -0.3 is 9.90 Å². The first-order valence-corrected chi connectivity index (χ1v) is 8.40. The second kappa shape index (κ2) is 7.10. The molecule has 2 aromatic carbocycles. The van der Waals surface area contributed by atoms with Gasteiger partial charge in [-0.2, -0.15) is 0 Å². The average molecular weight is 344 g/mol. The highest BCUT2D eigenvalue weighted by molar-refractivity contribution is 7.92. The van der Waals surface area contributed by atoms with Crippen molar-refractivity contribution in [3.8, 4) is 0 Å². The van der Waals surface area contributed by atoms with Gasteiger partial charge in [0.1, 0.15) is 0 Å². The Balaban J connectivity index is 2.28. The molecule has 0 aliphatic heterocycles. The molecule has 7 heteroatoms. The number of ketones is 1. The minimum atomic E-state index is -3.87. The summed E-state index contributed by atoms with van der Waals surface area (Å²) in [6, 6.07) is 11.9. The second-order valence-electron chi connectivity index (χ2n) is 4.93. The predicted molar refractivity (Wildman–Crippen MR) is 87.7 cm³/mol. The second-order valence-corrected chi connectivity index (χ2v) is 6.61. The fraction of sp³-hybridized carbons (Fsp3) is 0.0588. The summed E-state index contributed by atoms with van der Waals surface area (Å²) >= 11 is 0. The van der Waals surface area contributed by atoms with Crippen molar-refractivity contribution in [1.82, 2.24) is 0 Å². The molecule has 124 valence electrons. The normalized spacial score (nSPS) is 11.4. The van der Waals surface area contributed by atoms with Gasteiger partial charge in [-0.3, -0.25) is 9.52 Å². The lowest BCUT2D eigenvalue weighted by atomic mass is 10.1. The van der Waals surface area contributed by atoms with Crippen molar-refractivity contribution in [1.29, 1.82) is 0 Å². The van der Waals surface area contributed by atoms with E-state index in [2.05, 4.69) is 4.72 Å². The van der Waals surface area contributed by atoms with E-state index in [-0.39, 0.29) is 21.9 Å². The van der Waals surface area contributed by atoms with E-state index in [1.807, 2.05) is 0 Å². The lowest BCUT2D eigenvalue weighted by Crippen LogP contribution is -2.18. The molecule has 0 aliphatic rings. The van der Waals surface area contributed by atoms with Crippen LogP contribution in [0.25, 0.3) is 6.08 Å². The third kappa shape index (κ3) is 4.30. The number of rotatable bonds is 6. The van der Waals surface area contributed by atoms with Gasteiger partial charge in [0.2, 0.25) is 0 Å². The molecule has 1 N–H and O–H groups in total. The molecule has 0 atom stereocenters. The van der Waals surface area contributed by atoms with Gasteiger partial charge in [0.05, 0.1) is 16.6 Å². The zero-order valence-electron chi connectivity index (χ0n) is 12.7. The summed E-state index contributed by atoms with van der Waals surface area (Å²) in [4.78, 5) is 21.9. The monoisotopic (exact) mass is 344 g/mol. The van der Waals surface area contributed by atoms with Crippen LogP contribution in [0.3, 0.4) is 0 Å². The molecule has 0 radical (unpaired) electrons. The smallest absolute Gasteiger partial charge is 0.261 e. The number of carboxylic acid groups (broad SMARTS) is 1. The molecule has 0 saturated heterocycles. The molecule has 2 aromatic rings. The number of hydrogen-bond donors (Lipinski definition) is 1. The van der Waals surface area contributed by atoms with Gasteiger partial charge in [0.25, 0.3) is 10.0 Å². The first-order chi connectivity index (χ1) is 11.3. The van der Waals surface area contributed by atoms with Gasteiger partial charge in [-0.1, -0.05) is 30.3 Å². The Morgan fingerprint density at radius 3 is 2.25 bits per heavy atom. The number of carboxylic acids is 1. The molecule has 0 spiro atoms. The molecular weight excluding hydrogens is 330 g/mol. The zero-order valence-corrected chi connectivity index (χ0v) is 13.5. The third-order valence-electron chi connectivity index (χ3n) is 3.15. The fourth-order valence-corrected chi connectivity index (χ4v) is 3.08. The molecule has 6 nitrogen and oxygen atoms in total. The maximum Gasteiger partial charge on any atom is 0.261 e. The summed E-state index contributed by atoms with van der Waals surface area (Å²) in [5, 5.41) is 10.4. The van der Waals surface area contributed by atoms with E-state index in [0.29, 0.717) is 5.56 Å². The molecule has 0 aromatic heterocycles. The lowest BCUT2D eigenvalue weighted by molar-refractivity contribution is -0.297. The van der Waals surface area contributed by atoms with E-state index < -0.39 is 16.0 Å². The molecule has 0 amide bonds. The van der Waals surface area contributed by atoms with E-state index in [0.717, 1.165) is 6.08 Å². The van der Waals surface area contributed by atoms with Crippen LogP contribution in [0.1, 0.15) is 22.8 Å². The van der Waals surface area contributed by atoms with E-state index in [9.17, 15) is 23.1 Å². The Kier molecular flexibility index (Phi) is 5.15. The van der Waals surface area contributed by atoms with E-state index in [4.69, 9.17) is 0 Å². The fourth-order valence-electron chi connectivity index (χ4n) is 2.01. The van der Waals surface area contributed by atoms with Crippen LogP contribution >= 0.6 is 0 Å². The Hall–Kier alpha value is -2.93. The minimum absolute atomic E-state index is 0.00791. The molecule has 0 saturated carbocycles. The summed E-state index contributed by atoms with van der Waals surface area (Å²) in [7, 11) is -3.87. The molecule has 0 fully saturated rings. The number of sulfonamides is 1. The van der Waals surface area contributed by atoms with Gasteiger partial charge >= 0.3 is 0 Å². The average Bonchev–Trinajstić information content (AvgIpc) is 2.53. The van der Waals surface area contributed by atoms with Crippen molar-refractivity contribution in [3.05, 3.63) is 65.7 Å². The van der Waals surface area contributed by atoms with Gasteiger partial charge in [-0.15, -0.1) is 0 Å². The van der Waals surface area contributed by atoms with Crippen molar-refractivity contribution in [2.75, 3.05) is 4.72 Å². The Morgan fingerprint density at radius 2 is 1.67 bits per heavy atom. The standard InChI is InChI=1S/C17H15NO5S/c1-12(19)15-4-2-3-5-16(15)18-24(22,23)14-9-6-13(7-10-14)8-11-17(20)21/h2-11,18H,1H3,(H,20,21)/p-1/b11-8+. The number of anilines is 1. The van der Waals surface area contributed by atoms with Crippen LogP contribution in [0.15, 0.2) is 59.5 Å². The van der Waals surface area contributed by atoms with Gasteiger partial charge in [-0.25, -0.2) is 8.42 Å². The summed E-state index contributed by atoms with van der Waals surface area (Å²) in [5.41, 5.74) is 0.989. The quantitative estimate of drug-likeness (QED) is 0.631. The summed E-state index contributed by atoms with van der Waals surface area (Å²) < 4.78 is 27.2. The number of carbonyl (C=O) groups is 2. The van der Waals surface area contributed by atoms with E-state index >= 15 is 0 Å². The van der Waals surface area contributed by atoms with Crippen molar-refractivity contribution in [3.63, 3.8) is 0 Å². The van der Waals surface area contributed by atoms with Crippen LogP contribution in [0.5, 0.6) is 0 Å². The molecule has 0 heterocycles. The largest absolute Gasteiger partial charge is 0.545 e. The molecular formula is C17H14NO5S-. The van der Waals surface area contributed by atoms with Gasteiger partial charge in [0.15, 0.2) is 5.78 Å². The Bertz CT molecular complexity index is 899. The molecule has 0 bridgehead atoms. The maximum atomic E-state index is 12.4. The van der Waals surface area contributed by atoms with E-state index in [1.54, 1.807) is 12.1 Å². The lowest BCUT2D eigenvalue weighted by Gasteiger charge is -2.11. The number of para-hydroxylation sites is 1. The Labute approximate surface area is 139 Å². The number of Topliss-reactive ketones (excluding diaryl/α,β-unsaturated/α-hetero) is 1. The van der Waals surface area contributed by atoms with Crippen LogP contribution < -0.4 is 9.83 Å². The van der Waals surface area contributed by atoms with Crippen LogP contribution in [-0.2, 0) is 14.8 Å². The van der Waals surface area contributed by atoms with Crippen LogP contribution in [0.2, 0.25) is 0 Å². The highest BCUT2D eigenvalue weighted by atomic mass is 32.2. The maximum absolute atomic E-state index is 12.4. The van der Waals surface area contributed by atoms with Crippen LogP contribution in [-0.4, -0.2) is 20.2 Å². The minimum Gasteiger partial charge on any atom is -0.545 e. The van der Waals surface area contributed by atoms with Gasteiger partial charge in [-0.05, 0) is 42.8 Å². The highest BCUT2D eigenvalue weighted by Gasteiger charge is 2.16. The number of carbonyl (C=O) groups excluding carboxylic acids is 2. The van der Waals surface area contributed by atoms with Crippen LogP contribution in [0, 0.1) is 0 Å². The third-order valence-corrected chi connectivity index (χ3v) is 4.53. The highest BCUT2D eigenvalue weighted by Crippen LogP contribution is 2.21. The summed E-state index contributed by atoms with van der Waals surface area (Å²) in [5.74, 6) is -1.59. The number of nitrogens with one attached hydrogen (secondary N) is 1. The molecule has 0 aliphatic carbocycles. The van der Waals surface area contributed by atoms with Gasteiger partial charge in [0, 0.05) is 5.56 Å². The first kappa shape index (κ1) is 17.4. The molecule has 0 unspecified atom stereocenters. The molecule has 2 rings (SSSR count). The number of benzene rings is 2. The summed E-state index contributed by atoms with van der Waals surface area (Å²) in [6.07, 6.45) is 2.15. The summed E-state index contributed by atoms with van der Waals surface area (Å²) in [6.45, 7) is 1.35. The predicted octanol–water partition coefficient (Wildman–Crippen LogP) is 1.45. The van der Waals surface area contributed by atoms with Crippen molar-refractivity contribution in [2.45, 2.75) is 11.8 Å². The van der Waals surface area contributed by atoms with Crippen molar-refractivity contribution < 1.29 is 23.1 Å². The first-order valence-electron chi connectivity index (χ1n) is 6.91. The topological polar surface area (TPSA) is 103 Å². The SMILES string of the molecule is CC(=O)c1ccccc1NS(=O)(=O)c1ccc(/C=C/C(=O)[O-])cc1. The zero-order chi connectivity index (χ0) is 17.7. The van der Waals surface area contributed by atoms with Crippen molar-refractivity contribution in [2.24, 2.45) is 0 Å². The van der Waals surface area contributed by atoms with Crippen molar-refractivity contribution >= 4 is 33.5 Å². The molecule has 24 heavy (non-hydrogen) atoms. The van der Waals surface area contributed by atoms with Crippen LogP contribution in [0.4, 0.5) is 5.69 Å². The van der Waals surface area contributed by atoms with E-state index in [1.165, 1.54) is 49.4 Å². The number of aliphatic carboxylic acids is 1. The number of hydrogen-bond acceptors (Lipinski definition) is 5. The Morgan fingerprint density at radius 1 is 1.04 bits per heavy atom.